The van der Waals surface area contributed by atoms with Gasteiger partial charge in [-0.05, 0) is 30.2 Å². The van der Waals surface area contributed by atoms with Gasteiger partial charge < -0.3 is 10.4 Å². The first-order valence-corrected chi connectivity index (χ1v) is 4.90. The van der Waals surface area contributed by atoms with E-state index in [1.54, 1.807) is 0 Å². The summed E-state index contributed by atoms with van der Waals surface area (Å²) in [6.07, 6.45) is 0.324. The molecule has 1 atom stereocenters. The van der Waals surface area contributed by atoms with Crippen molar-refractivity contribution in [3.63, 3.8) is 0 Å². The summed E-state index contributed by atoms with van der Waals surface area (Å²) in [5.41, 5.74) is 0.717. The predicted octanol–water partition coefficient (Wildman–Crippen LogP) is 1.73. The fourth-order valence-electron chi connectivity index (χ4n) is 1.84. The number of anilines is 1. The first kappa shape index (κ1) is 10.6. The highest BCUT2D eigenvalue weighted by Crippen LogP contribution is 2.32. The van der Waals surface area contributed by atoms with E-state index in [0.29, 0.717) is 11.3 Å². The molecule has 0 saturated carbocycles. The topological polar surface area (TPSA) is 66.4 Å². The third-order valence-electron chi connectivity index (χ3n) is 2.62. The number of carbonyl (C=O) groups excluding carboxylic acids is 1. The molecule has 0 spiro atoms. The molecule has 1 aromatic rings. The average Bonchev–Trinajstić information content (AvgIpc) is 2.36. The van der Waals surface area contributed by atoms with Gasteiger partial charge in [-0.15, -0.1) is 0 Å². The Hall–Kier alpha value is -1.91. The number of benzene rings is 1. The van der Waals surface area contributed by atoms with Crippen LogP contribution in [-0.2, 0) is 9.59 Å². The molecule has 4 nitrogen and oxygen atoms in total. The quantitative estimate of drug-likeness (QED) is 0.761. The van der Waals surface area contributed by atoms with Crippen molar-refractivity contribution < 1.29 is 19.1 Å². The van der Waals surface area contributed by atoms with E-state index in [4.69, 9.17) is 5.11 Å². The highest BCUT2D eigenvalue weighted by atomic mass is 19.1. The summed E-state index contributed by atoms with van der Waals surface area (Å²) >= 11 is 0. The fourth-order valence-corrected chi connectivity index (χ4v) is 1.84. The normalized spacial score (nSPS) is 19.6. The molecular formula is C11H10FNO3. The van der Waals surface area contributed by atoms with Crippen LogP contribution in [0, 0.1) is 5.82 Å². The van der Waals surface area contributed by atoms with Crippen molar-refractivity contribution in [3.8, 4) is 0 Å². The molecule has 0 fully saturated rings. The maximum atomic E-state index is 13.1. The molecule has 1 aromatic carbocycles. The third-order valence-corrected chi connectivity index (χ3v) is 2.62. The van der Waals surface area contributed by atoms with E-state index in [1.807, 2.05) is 0 Å². The van der Waals surface area contributed by atoms with Gasteiger partial charge in [0.15, 0.2) is 0 Å². The number of halogens is 1. The van der Waals surface area contributed by atoms with Crippen molar-refractivity contribution in [3.05, 3.63) is 29.6 Å². The molecule has 0 aliphatic carbocycles. The minimum absolute atomic E-state index is 0.132. The monoisotopic (exact) mass is 223 g/mol. The van der Waals surface area contributed by atoms with E-state index in [-0.39, 0.29) is 18.7 Å². The van der Waals surface area contributed by atoms with Gasteiger partial charge in [0.05, 0.1) is 5.92 Å². The minimum Gasteiger partial charge on any atom is -0.481 e. The Morgan fingerprint density at radius 1 is 1.50 bits per heavy atom. The van der Waals surface area contributed by atoms with Gasteiger partial charge in [-0.3, -0.25) is 9.59 Å². The molecule has 0 saturated heterocycles. The summed E-state index contributed by atoms with van der Waals surface area (Å²) in [7, 11) is 0. The number of carboxylic acid groups (broad SMARTS) is 1. The summed E-state index contributed by atoms with van der Waals surface area (Å²) < 4.78 is 13.1. The number of rotatable bonds is 1. The highest BCUT2D eigenvalue weighted by Gasteiger charge is 2.27. The third kappa shape index (κ3) is 1.88. The van der Waals surface area contributed by atoms with Gasteiger partial charge in [-0.2, -0.15) is 0 Å². The Balaban J connectivity index is 2.51. The van der Waals surface area contributed by atoms with Gasteiger partial charge in [-0.1, -0.05) is 0 Å². The number of hydrogen-bond donors (Lipinski definition) is 2. The van der Waals surface area contributed by atoms with Gasteiger partial charge >= 0.3 is 5.97 Å². The Morgan fingerprint density at radius 2 is 2.25 bits per heavy atom. The number of fused-ring (bicyclic) bond motifs is 1. The van der Waals surface area contributed by atoms with Gasteiger partial charge in [0.1, 0.15) is 5.82 Å². The maximum absolute atomic E-state index is 13.1. The van der Waals surface area contributed by atoms with E-state index < -0.39 is 17.7 Å². The van der Waals surface area contributed by atoms with Crippen molar-refractivity contribution >= 4 is 17.6 Å². The number of aliphatic carboxylic acids is 1. The summed E-state index contributed by atoms with van der Waals surface area (Å²) in [5.74, 6) is -2.61. The lowest BCUT2D eigenvalue weighted by atomic mass is 9.94. The summed E-state index contributed by atoms with van der Waals surface area (Å²) in [5, 5.41) is 11.6. The SMILES string of the molecule is O=C1CCC(C(=O)O)c2cc(F)ccc2N1. The molecule has 1 unspecified atom stereocenters. The van der Waals surface area contributed by atoms with Crippen LogP contribution < -0.4 is 5.32 Å². The van der Waals surface area contributed by atoms with E-state index in [0.717, 1.165) is 0 Å². The molecule has 1 aliphatic rings. The number of carbonyl (C=O) groups is 2. The van der Waals surface area contributed by atoms with Crippen LogP contribution in [0.5, 0.6) is 0 Å². The molecule has 2 N–H and O–H groups in total. The summed E-state index contributed by atoms with van der Waals surface area (Å²) in [4.78, 5) is 22.3. The Bertz CT molecular complexity index is 459. The molecule has 0 bridgehead atoms. The van der Waals surface area contributed by atoms with Crippen LogP contribution in [-0.4, -0.2) is 17.0 Å². The van der Waals surface area contributed by atoms with Crippen LogP contribution >= 0.6 is 0 Å². The molecule has 84 valence electrons. The van der Waals surface area contributed by atoms with Crippen molar-refractivity contribution in [1.29, 1.82) is 0 Å². The van der Waals surface area contributed by atoms with E-state index in [2.05, 4.69) is 5.32 Å². The Labute approximate surface area is 91.1 Å². The lowest BCUT2D eigenvalue weighted by molar-refractivity contribution is -0.138. The molecule has 16 heavy (non-hydrogen) atoms. The van der Waals surface area contributed by atoms with Crippen molar-refractivity contribution in [1.82, 2.24) is 0 Å². The smallest absolute Gasteiger partial charge is 0.311 e. The molecule has 1 aliphatic heterocycles. The Kier molecular flexibility index (Phi) is 2.60. The highest BCUT2D eigenvalue weighted by molar-refractivity contribution is 5.94. The second-order valence-electron chi connectivity index (χ2n) is 3.71. The zero-order valence-electron chi connectivity index (χ0n) is 8.37. The maximum Gasteiger partial charge on any atom is 0.311 e. The largest absolute Gasteiger partial charge is 0.481 e. The van der Waals surface area contributed by atoms with Crippen LogP contribution in [0.4, 0.5) is 10.1 Å². The zero-order chi connectivity index (χ0) is 11.7. The van der Waals surface area contributed by atoms with Gasteiger partial charge in [0.25, 0.3) is 0 Å². The fraction of sp³-hybridized carbons (Fsp3) is 0.273. The van der Waals surface area contributed by atoms with Gasteiger partial charge in [0, 0.05) is 12.1 Å². The van der Waals surface area contributed by atoms with Crippen LogP contribution in [0.2, 0.25) is 0 Å². The van der Waals surface area contributed by atoms with E-state index in [9.17, 15) is 14.0 Å². The van der Waals surface area contributed by atoms with Crippen LogP contribution in [0.15, 0.2) is 18.2 Å². The number of carboxylic acids is 1. The lowest BCUT2D eigenvalue weighted by Crippen LogP contribution is -2.11. The lowest BCUT2D eigenvalue weighted by Gasteiger charge is -2.12. The molecular weight excluding hydrogens is 213 g/mol. The molecule has 0 aromatic heterocycles. The number of nitrogens with one attached hydrogen (secondary N) is 1. The van der Waals surface area contributed by atoms with Gasteiger partial charge in [-0.25, -0.2) is 4.39 Å². The molecule has 0 radical (unpaired) electrons. The van der Waals surface area contributed by atoms with E-state index >= 15 is 0 Å². The van der Waals surface area contributed by atoms with Crippen LogP contribution in [0.25, 0.3) is 0 Å². The minimum atomic E-state index is -1.04. The van der Waals surface area contributed by atoms with Crippen LogP contribution in [0.1, 0.15) is 24.3 Å². The first-order valence-electron chi connectivity index (χ1n) is 4.90. The standard InChI is InChI=1S/C11H10FNO3/c12-6-1-3-9-8(5-6)7(11(15)16)2-4-10(14)13-9/h1,3,5,7H,2,4H2,(H,13,14)(H,15,16). The molecule has 2 rings (SSSR count). The van der Waals surface area contributed by atoms with Crippen LogP contribution in [0.3, 0.4) is 0 Å². The van der Waals surface area contributed by atoms with Gasteiger partial charge in [0.2, 0.25) is 5.91 Å². The van der Waals surface area contributed by atoms with Crippen molar-refractivity contribution in [2.75, 3.05) is 5.32 Å². The average molecular weight is 223 g/mol. The number of hydrogen-bond acceptors (Lipinski definition) is 2. The van der Waals surface area contributed by atoms with Crippen molar-refractivity contribution in [2.45, 2.75) is 18.8 Å². The number of amides is 1. The first-order chi connectivity index (χ1) is 7.58. The second-order valence-corrected chi connectivity index (χ2v) is 3.71. The molecule has 1 heterocycles. The zero-order valence-corrected chi connectivity index (χ0v) is 8.37. The molecule has 5 heteroatoms. The summed E-state index contributed by atoms with van der Waals surface area (Å²) in [6.45, 7) is 0. The van der Waals surface area contributed by atoms with E-state index in [1.165, 1.54) is 18.2 Å². The molecule has 1 amide bonds. The predicted molar refractivity (Wildman–Crippen MR) is 54.6 cm³/mol. The summed E-state index contributed by atoms with van der Waals surface area (Å²) in [6, 6.07) is 3.76. The van der Waals surface area contributed by atoms with Crippen molar-refractivity contribution in [2.24, 2.45) is 0 Å². The second kappa shape index (κ2) is 3.92. The Morgan fingerprint density at radius 3 is 2.94 bits per heavy atom.